The summed E-state index contributed by atoms with van der Waals surface area (Å²) in [4.78, 5) is 19.1. The van der Waals surface area contributed by atoms with Gasteiger partial charge < -0.3 is 14.2 Å². The Bertz CT molecular complexity index is 767. The molecule has 7 heteroatoms. The number of hydrogen-bond donors (Lipinski definition) is 0. The highest BCUT2D eigenvalue weighted by atomic mass is 16.5. The summed E-state index contributed by atoms with van der Waals surface area (Å²) in [6.45, 7) is 6.77. The second kappa shape index (κ2) is 7.23. The Hall–Kier alpha value is -2.15. The molecule has 2 aliphatic rings. The van der Waals surface area contributed by atoms with Crippen molar-refractivity contribution in [1.29, 1.82) is 0 Å². The van der Waals surface area contributed by atoms with Gasteiger partial charge in [0.1, 0.15) is 18.5 Å². The Balaban J connectivity index is 1.39. The van der Waals surface area contributed by atoms with Crippen LogP contribution in [-0.2, 0) is 16.1 Å². The van der Waals surface area contributed by atoms with Crippen LogP contribution in [0.5, 0.6) is 0 Å². The zero-order valence-electron chi connectivity index (χ0n) is 15.6. The molecule has 0 radical (unpaired) electrons. The minimum Gasteiger partial charge on any atom is -0.370 e. The van der Waals surface area contributed by atoms with Crippen LogP contribution in [0.3, 0.4) is 0 Å². The summed E-state index contributed by atoms with van der Waals surface area (Å²) in [5.74, 6) is 1.21. The highest BCUT2D eigenvalue weighted by molar-refractivity contribution is 5.76. The Kier molecular flexibility index (Phi) is 4.80. The highest BCUT2D eigenvalue weighted by Crippen LogP contribution is 2.33. The predicted molar refractivity (Wildman–Crippen MR) is 96.7 cm³/mol. The molecule has 7 nitrogen and oxygen atoms in total. The van der Waals surface area contributed by atoms with Gasteiger partial charge in [-0.25, -0.2) is 4.98 Å². The van der Waals surface area contributed by atoms with Crippen LogP contribution in [0.1, 0.15) is 55.0 Å². The van der Waals surface area contributed by atoms with Crippen LogP contribution in [0.2, 0.25) is 0 Å². The van der Waals surface area contributed by atoms with Crippen molar-refractivity contribution in [2.45, 2.75) is 58.2 Å². The van der Waals surface area contributed by atoms with Gasteiger partial charge in [-0.1, -0.05) is 0 Å². The number of carbonyl (C=O) groups is 1. The van der Waals surface area contributed by atoms with Gasteiger partial charge in [0.05, 0.1) is 5.69 Å². The lowest BCUT2D eigenvalue weighted by molar-refractivity contribution is -0.133. The lowest BCUT2D eigenvalue weighted by atomic mass is 10.0. The summed E-state index contributed by atoms with van der Waals surface area (Å²) in [6.07, 6.45) is 8.03. The minimum atomic E-state index is 0.131. The van der Waals surface area contributed by atoms with E-state index < -0.39 is 0 Å². The number of amides is 1. The first-order valence-electron chi connectivity index (χ1n) is 9.55. The summed E-state index contributed by atoms with van der Waals surface area (Å²) >= 11 is 0. The van der Waals surface area contributed by atoms with Crippen LogP contribution >= 0.6 is 0 Å². The van der Waals surface area contributed by atoms with Crippen molar-refractivity contribution in [3.63, 3.8) is 0 Å². The molecule has 4 rings (SSSR count). The third kappa shape index (κ3) is 3.40. The van der Waals surface area contributed by atoms with E-state index in [2.05, 4.69) is 21.6 Å². The van der Waals surface area contributed by atoms with E-state index in [1.807, 2.05) is 30.3 Å². The lowest BCUT2D eigenvalue weighted by Crippen LogP contribution is -2.41. The average Bonchev–Trinajstić information content (AvgIpc) is 3.36. The fraction of sp³-hybridized carbons (Fsp3) is 0.632. The first-order valence-corrected chi connectivity index (χ1v) is 9.55. The van der Waals surface area contributed by atoms with Crippen molar-refractivity contribution < 1.29 is 9.53 Å². The van der Waals surface area contributed by atoms with Gasteiger partial charge in [-0.2, -0.15) is 5.10 Å². The number of carbonyl (C=O) groups excluding carboxylic acids is 1. The fourth-order valence-corrected chi connectivity index (χ4v) is 4.12. The van der Waals surface area contributed by atoms with Gasteiger partial charge in [0.15, 0.2) is 0 Å². The zero-order chi connectivity index (χ0) is 18.1. The predicted octanol–water partition coefficient (Wildman–Crippen LogP) is 2.41. The molecule has 140 valence electrons. The van der Waals surface area contributed by atoms with Crippen LogP contribution in [0.25, 0.3) is 0 Å². The average molecular weight is 357 g/mol. The molecule has 1 atom stereocenters. The second-order valence-corrected chi connectivity index (χ2v) is 7.40. The molecule has 0 aromatic carbocycles. The van der Waals surface area contributed by atoms with Crippen LogP contribution < -0.4 is 0 Å². The fourth-order valence-electron chi connectivity index (χ4n) is 4.12. The largest absolute Gasteiger partial charge is 0.370 e. The Labute approximate surface area is 154 Å². The SMILES string of the molecule is Cc1ccn(CC(=O)N2CCC(n3c(C)cnc3C3CCCO3)CC2)n1. The highest BCUT2D eigenvalue weighted by Gasteiger charge is 2.30. The maximum absolute atomic E-state index is 12.5. The molecular weight excluding hydrogens is 330 g/mol. The molecule has 2 aromatic heterocycles. The smallest absolute Gasteiger partial charge is 0.244 e. The van der Waals surface area contributed by atoms with Gasteiger partial charge in [-0.15, -0.1) is 0 Å². The lowest BCUT2D eigenvalue weighted by Gasteiger charge is -2.34. The van der Waals surface area contributed by atoms with E-state index in [0.717, 1.165) is 56.9 Å². The first kappa shape index (κ1) is 17.3. The molecule has 2 fully saturated rings. The molecule has 2 saturated heterocycles. The molecule has 0 N–H and O–H groups in total. The Morgan fingerprint density at radius 3 is 2.73 bits per heavy atom. The van der Waals surface area contributed by atoms with E-state index in [4.69, 9.17) is 4.74 Å². The number of piperidine rings is 1. The van der Waals surface area contributed by atoms with Gasteiger partial charge in [-0.05, 0) is 45.6 Å². The van der Waals surface area contributed by atoms with Gasteiger partial charge in [0, 0.05) is 43.8 Å². The van der Waals surface area contributed by atoms with Crippen molar-refractivity contribution in [2.75, 3.05) is 19.7 Å². The number of aromatic nitrogens is 4. The third-order valence-electron chi connectivity index (χ3n) is 5.48. The van der Waals surface area contributed by atoms with E-state index in [1.54, 1.807) is 4.68 Å². The van der Waals surface area contributed by atoms with Crippen molar-refractivity contribution in [1.82, 2.24) is 24.2 Å². The van der Waals surface area contributed by atoms with Crippen LogP contribution in [0.4, 0.5) is 0 Å². The Morgan fingerprint density at radius 1 is 1.27 bits per heavy atom. The molecule has 0 saturated carbocycles. The number of ether oxygens (including phenoxy) is 1. The van der Waals surface area contributed by atoms with Gasteiger partial charge >= 0.3 is 0 Å². The van der Waals surface area contributed by atoms with Crippen LogP contribution in [0, 0.1) is 13.8 Å². The number of rotatable bonds is 4. The normalized spacial score (nSPS) is 21.5. The van der Waals surface area contributed by atoms with E-state index in [1.165, 1.54) is 5.69 Å². The summed E-state index contributed by atoms with van der Waals surface area (Å²) in [5.41, 5.74) is 2.13. The molecular formula is C19H27N5O2. The summed E-state index contributed by atoms with van der Waals surface area (Å²) in [5, 5.41) is 4.31. The molecule has 1 unspecified atom stereocenters. The number of imidazole rings is 1. The maximum Gasteiger partial charge on any atom is 0.244 e. The maximum atomic E-state index is 12.5. The monoisotopic (exact) mass is 357 g/mol. The number of likely N-dealkylation sites (tertiary alicyclic amines) is 1. The van der Waals surface area contributed by atoms with Crippen molar-refractivity contribution in [2.24, 2.45) is 0 Å². The summed E-state index contributed by atoms with van der Waals surface area (Å²) in [6, 6.07) is 2.32. The first-order chi connectivity index (χ1) is 12.6. The summed E-state index contributed by atoms with van der Waals surface area (Å²) in [7, 11) is 0. The molecule has 2 aliphatic heterocycles. The Morgan fingerprint density at radius 2 is 2.08 bits per heavy atom. The zero-order valence-corrected chi connectivity index (χ0v) is 15.6. The second-order valence-electron chi connectivity index (χ2n) is 7.40. The summed E-state index contributed by atoms with van der Waals surface area (Å²) < 4.78 is 9.93. The van der Waals surface area contributed by atoms with Crippen molar-refractivity contribution >= 4 is 5.91 Å². The number of hydrogen-bond acceptors (Lipinski definition) is 4. The van der Waals surface area contributed by atoms with Crippen molar-refractivity contribution in [3.05, 3.63) is 35.7 Å². The standard InChI is InChI=1S/C19H27N5O2/c1-14-5-10-23(21-14)13-18(25)22-8-6-16(7-9-22)24-15(2)12-20-19(24)17-4-3-11-26-17/h5,10,12,16-17H,3-4,6-9,11,13H2,1-2H3. The number of aryl methyl sites for hydroxylation is 2. The van der Waals surface area contributed by atoms with Gasteiger partial charge in [0.2, 0.25) is 5.91 Å². The third-order valence-corrected chi connectivity index (χ3v) is 5.48. The topological polar surface area (TPSA) is 65.2 Å². The molecule has 1 amide bonds. The molecule has 4 heterocycles. The molecule has 0 bridgehead atoms. The molecule has 0 spiro atoms. The quantitative estimate of drug-likeness (QED) is 0.843. The van der Waals surface area contributed by atoms with E-state index >= 15 is 0 Å². The molecule has 2 aromatic rings. The van der Waals surface area contributed by atoms with E-state index in [0.29, 0.717) is 12.6 Å². The number of nitrogens with zero attached hydrogens (tertiary/aromatic N) is 5. The minimum absolute atomic E-state index is 0.131. The van der Waals surface area contributed by atoms with Gasteiger partial charge in [0.25, 0.3) is 0 Å². The molecule has 26 heavy (non-hydrogen) atoms. The van der Waals surface area contributed by atoms with Crippen LogP contribution in [-0.4, -0.2) is 49.8 Å². The van der Waals surface area contributed by atoms with Crippen LogP contribution in [0.15, 0.2) is 18.5 Å². The van der Waals surface area contributed by atoms with Crippen molar-refractivity contribution in [3.8, 4) is 0 Å². The molecule has 0 aliphatic carbocycles. The van der Waals surface area contributed by atoms with E-state index in [9.17, 15) is 4.79 Å². The van der Waals surface area contributed by atoms with E-state index in [-0.39, 0.29) is 12.0 Å². The van der Waals surface area contributed by atoms with Gasteiger partial charge in [-0.3, -0.25) is 9.48 Å².